The Hall–Kier alpha value is -1.32. The van der Waals surface area contributed by atoms with E-state index in [4.69, 9.17) is 16.7 Å². The van der Waals surface area contributed by atoms with Gasteiger partial charge in [0.2, 0.25) is 0 Å². The molecule has 0 aliphatic heterocycles. The van der Waals surface area contributed by atoms with E-state index in [0.717, 1.165) is 16.7 Å². The van der Waals surface area contributed by atoms with Crippen LogP contribution in [0, 0.1) is 0 Å². The van der Waals surface area contributed by atoms with Crippen LogP contribution in [-0.2, 0) is 11.2 Å². The number of nitrogens with one attached hydrogen (secondary N) is 1. The monoisotopic (exact) mass is 237 g/mol. The van der Waals surface area contributed by atoms with Crippen molar-refractivity contribution in [2.75, 3.05) is 13.6 Å². The Morgan fingerprint density at radius 1 is 1.56 bits per heavy atom. The van der Waals surface area contributed by atoms with Crippen LogP contribution in [0.25, 0.3) is 5.57 Å². The number of hydrogen-bond acceptors (Lipinski definition) is 2. The lowest BCUT2D eigenvalue weighted by Gasteiger charge is -2.06. The van der Waals surface area contributed by atoms with E-state index in [1.165, 1.54) is 0 Å². The van der Waals surface area contributed by atoms with Gasteiger partial charge in [-0.15, -0.1) is 0 Å². The number of rotatable bonds is 3. The quantitative estimate of drug-likeness (QED) is 0.845. The van der Waals surface area contributed by atoms with Crippen molar-refractivity contribution in [1.29, 1.82) is 0 Å². The molecule has 1 aliphatic rings. The molecule has 2 N–H and O–H groups in total. The zero-order chi connectivity index (χ0) is 11.7. The van der Waals surface area contributed by atoms with Crippen LogP contribution < -0.4 is 5.32 Å². The van der Waals surface area contributed by atoms with Crippen LogP contribution in [0.5, 0.6) is 0 Å². The van der Waals surface area contributed by atoms with Crippen molar-refractivity contribution in [1.82, 2.24) is 5.32 Å². The van der Waals surface area contributed by atoms with E-state index in [1.54, 1.807) is 13.1 Å². The van der Waals surface area contributed by atoms with E-state index >= 15 is 0 Å². The van der Waals surface area contributed by atoms with Gasteiger partial charge in [-0.1, -0.05) is 17.7 Å². The lowest BCUT2D eigenvalue weighted by Crippen LogP contribution is -2.12. The van der Waals surface area contributed by atoms with Crippen molar-refractivity contribution in [3.8, 4) is 0 Å². The SMILES string of the molecule is CNCC1=C(C(=O)O)Cc2ccc(Cl)cc21. The van der Waals surface area contributed by atoms with Crippen molar-refractivity contribution in [2.24, 2.45) is 0 Å². The van der Waals surface area contributed by atoms with Gasteiger partial charge >= 0.3 is 5.97 Å². The second-order valence-electron chi connectivity index (χ2n) is 3.77. The number of fused-ring (bicyclic) bond motifs is 1. The van der Waals surface area contributed by atoms with Crippen molar-refractivity contribution in [2.45, 2.75) is 6.42 Å². The topological polar surface area (TPSA) is 49.3 Å². The van der Waals surface area contributed by atoms with Crippen LogP contribution in [0.3, 0.4) is 0 Å². The molecule has 3 nitrogen and oxygen atoms in total. The maximum absolute atomic E-state index is 11.1. The summed E-state index contributed by atoms with van der Waals surface area (Å²) in [6.07, 6.45) is 0.485. The molecule has 0 fully saturated rings. The minimum Gasteiger partial charge on any atom is -0.478 e. The number of carboxylic acid groups (broad SMARTS) is 1. The smallest absolute Gasteiger partial charge is 0.332 e. The van der Waals surface area contributed by atoms with Crippen molar-refractivity contribution < 1.29 is 9.90 Å². The van der Waals surface area contributed by atoms with Crippen LogP contribution in [0.4, 0.5) is 0 Å². The lowest BCUT2D eigenvalue weighted by molar-refractivity contribution is -0.132. The Morgan fingerprint density at radius 3 is 2.94 bits per heavy atom. The standard InChI is InChI=1S/C12H12ClNO2/c1-14-6-11-9-5-8(13)3-2-7(9)4-10(11)12(15)16/h2-3,5,14H,4,6H2,1H3,(H,15,16). The molecule has 0 saturated carbocycles. The number of carboxylic acids is 1. The Bertz CT molecular complexity index is 480. The molecule has 0 saturated heterocycles. The first-order valence-corrected chi connectivity index (χ1v) is 5.40. The second-order valence-corrected chi connectivity index (χ2v) is 4.21. The molecule has 16 heavy (non-hydrogen) atoms. The highest BCUT2D eigenvalue weighted by atomic mass is 35.5. The first-order valence-electron chi connectivity index (χ1n) is 5.02. The molecule has 0 unspecified atom stereocenters. The van der Waals surface area contributed by atoms with Crippen LogP contribution in [0.15, 0.2) is 23.8 Å². The minimum absolute atomic E-state index is 0.464. The summed E-state index contributed by atoms with van der Waals surface area (Å²) < 4.78 is 0. The van der Waals surface area contributed by atoms with Gasteiger partial charge in [-0.25, -0.2) is 4.79 Å². The van der Waals surface area contributed by atoms with Gasteiger partial charge in [0.1, 0.15) is 0 Å². The van der Waals surface area contributed by atoms with Crippen molar-refractivity contribution in [3.63, 3.8) is 0 Å². The maximum Gasteiger partial charge on any atom is 0.332 e. The summed E-state index contributed by atoms with van der Waals surface area (Å²) in [7, 11) is 1.80. The third kappa shape index (κ3) is 1.84. The zero-order valence-electron chi connectivity index (χ0n) is 8.88. The van der Waals surface area contributed by atoms with Crippen LogP contribution >= 0.6 is 11.6 Å². The highest BCUT2D eigenvalue weighted by molar-refractivity contribution is 6.30. The molecule has 1 aliphatic carbocycles. The molecule has 0 aromatic heterocycles. The summed E-state index contributed by atoms with van der Waals surface area (Å²) in [5, 5.41) is 12.8. The molecule has 0 spiro atoms. The first kappa shape index (κ1) is 11.2. The lowest BCUT2D eigenvalue weighted by atomic mass is 10.1. The second kappa shape index (κ2) is 4.28. The van der Waals surface area contributed by atoms with Gasteiger partial charge in [0.05, 0.1) is 0 Å². The number of benzene rings is 1. The molecule has 0 radical (unpaired) electrons. The van der Waals surface area contributed by atoms with Crippen LogP contribution in [-0.4, -0.2) is 24.7 Å². The molecule has 0 bridgehead atoms. The largest absolute Gasteiger partial charge is 0.478 e. The molecule has 1 aromatic carbocycles. The highest BCUT2D eigenvalue weighted by Gasteiger charge is 2.25. The Kier molecular flexibility index (Phi) is 2.99. The fourth-order valence-corrected chi connectivity index (χ4v) is 2.20. The highest BCUT2D eigenvalue weighted by Crippen LogP contribution is 2.34. The van der Waals surface area contributed by atoms with Crippen LogP contribution in [0.2, 0.25) is 5.02 Å². The molecule has 84 valence electrons. The molecule has 0 heterocycles. The predicted molar refractivity (Wildman–Crippen MR) is 63.6 cm³/mol. The van der Waals surface area contributed by atoms with Gasteiger partial charge in [-0.3, -0.25) is 0 Å². The fraction of sp³-hybridized carbons (Fsp3) is 0.250. The van der Waals surface area contributed by atoms with Gasteiger partial charge < -0.3 is 10.4 Å². The molecular formula is C12H12ClNO2. The Balaban J connectivity index is 2.51. The Labute approximate surface area is 98.7 Å². The van der Waals surface area contributed by atoms with Gasteiger partial charge in [-0.05, 0) is 35.9 Å². The summed E-state index contributed by atoms with van der Waals surface area (Å²) in [5.74, 6) is -0.849. The summed E-state index contributed by atoms with van der Waals surface area (Å²) >= 11 is 5.93. The molecule has 0 atom stereocenters. The number of aliphatic carboxylic acids is 1. The minimum atomic E-state index is -0.849. The first-order chi connectivity index (χ1) is 7.63. The summed E-state index contributed by atoms with van der Waals surface area (Å²) in [6.45, 7) is 0.551. The van der Waals surface area contributed by atoms with E-state index in [1.807, 2.05) is 12.1 Å². The predicted octanol–water partition coefficient (Wildman–Crippen LogP) is 1.95. The molecular weight excluding hydrogens is 226 g/mol. The molecule has 0 amide bonds. The number of halogens is 1. The maximum atomic E-state index is 11.1. The number of carbonyl (C=O) groups is 1. The van der Waals surface area contributed by atoms with E-state index in [0.29, 0.717) is 23.6 Å². The summed E-state index contributed by atoms with van der Waals surface area (Å²) in [4.78, 5) is 11.1. The zero-order valence-corrected chi connectivity index (χ0v) is 9.64. The summed E-state index contributed by atoms with van der Waals surface area (Å²) in [5.41, 5.74) is 3.30. The average molecular weight is 238 g/mol. The number of hydrogen-bond donors (Lipinski definition) is 2. The van der Waals surface area contributed by atoms with Crippen molar-refractivity contribution >= 4 is 23.1 Å². The van der Waals surface area contributed by atoms with E-state index < -0.39 is 5.97 Å². The Morgan fingerprint density at radius 2 is 2.31 bits per heavy atom. The third-order valence-corrected chi connectivity index (χ3v) is 2.98. The van der Waals surface area contributed by atoms with E-state index in [2.05, 4.69) is 5.32 Å². The molecule has 4 heteroatoms. The van der Waals surface area contributed by atoms with E-state index in [-0.39, 0.29) is 0 Å². The number of likely N-dealkylation sites (N-methyl/N-ethyl adjacent to an activating group) is 1. The van der Waals surface area contributed by atoms with Gasteiger partial charge in [0.15, 0.2) is 0 Å². The van der Waals surface area contributed by atoms with Gasteiger partial charge in [0, 0.05) is 23.6 Å². The molecule has 1 aromatic rings. The van der Waals surface area contributed by atoms with Crippen molar-refractivity contribution in [3.05, 3.63) is 39.9 Å². The van der Waals surface area contributed by atoms with Gasteiger partial charge in [0.25, 0.3) is 0 Å². The third-order valence-electron chi connectivity index (χ3n) is 2.74. The molecule has 2 rings (SSSR count). The average Bonchev–Trinajstić information content (AvgIpc) is 2.58. The van der Waals surface area contributed by atoms with Gasteiger partial charge in [-0.2, -0.15) is 0 Å². The van der Waals surface area contributed by atoms with E-state index in [9.17, 15) is 4.79 Å². The normalized spacial score (nSPS) is 14.1. The van der Waals surface area contributed by atoms with Crippen LogP contribution in [0.1, 0.15) is 11.1 Å². The summed E-state index contributed by atoms with van der Waals surface area (Å²) in [6, 6.07) is 5.52. The fourth-order valence-electron chi connectivity index (χ4n) is 2.03.